The molecule has 1 aliphatic rings. The molecule has 1 unspecified atom stereocenters. The van der Waals surface area contributed by atoms with Gasteiger partial charge in [0.25, 0.3) is 0 Å². The van der Waals surface area contributed by atoms with Crippen molar-refractivity contribution in [2.75, 3.05) is 20.2 Å². The minimum atomic E-state index is -3.59. The maximum atomic E-state index is 12.7. The molecule has 0 radical (unpaired) electrons. The summed E-state index contributed by atoms with van der Waals surface area (Å²) in [5.41, 5.74) is 0.313. The van der Waals surface area contributed by atoms with Gasteiger partial charge in [-0.25, -0.2) is 17.9 Å². The van der Waals surface area contributed by atoms with Crippen LogP contribution in [0.15, 0.2) is 41.6 Å². The molecule has 2 aromatic rings. The topological polar surface area (TPSA) is 94.4 Å². The molecule has 1 fully saturated rings. The molecule has 1 aliphatic heterocycles. The number of aromatic nitrogens is 3. The molecule has 0 saturated carbocycles. The van der Waals surface area contributed by atoms with Gasteiger partial charge in [-0.3, -0.25) is 0 Å². The van der Waals surface area contributed by atoms with Crippen LogP contribution in [0.4, 0.5) is 0 Å². The fourth-order valence-electron chi connectivity index (χ4n) is 2.59. The van der Waals surface area contributed by atoms with Crippen LogP contribution in [-0.2, 0) is 14.8 Å². The van der Waals surface area contributed by atoms with Gasteiger partial charge in [-0.1, -0.05) is 5.21 Å². The molecule has 0 bridgehead atoms. The van der Waals surface area contributed by atoms with E-state index >= 15 is 0 Å². The first kappa shape index (κ1) is 15.6. The maximum Gasteiger partial charge on any atom is 0.337 e. The lowest BCUT2D eigenvalue weighted by Gasteiger charge is -2.16. The molecular formula is C14H16N4O4S. The van der Waals surface area contributed by atoms with Crippen molar-refractivity contribution in [3.05, 3.63) is 42.2 Å². The minimum absolute atomic E-state index is 0.0124. The highest BCUT2D eigenvalue weighted by atomic mass is 32.2. The van der Waals surface area contributed by atoms with Crippen LogP contribution < -0.4 is 0 Å². The molecular weight excluding hydrogens is 320 g/mol. The molecule has 3 rings (SSSR count). The van der Waals surface area contributed by atoms with Gasteiger partial charge in [0.2, 0.25) is 10.0 Å². The van der Waals surface area contributed by atoms with Crippen LogP contribution in [0.2, 0.25) is 0 Å². The maximum absolute atomic E-state index is 12.7. The number of ether oxygens (including phenoxy) is 1. The van der Waals surface area contributed by atoms with E-state index in [1.807, 2.05) is 0 Å². The average Bonchev–Trinajstić information content (AvgIpc) is 3.25. The number of esters is 1. The molecule has 0 spiro atoms. The first-order valence-electron chi connectivity index (χ1n) is 7.06. The van der Waals surface area contributed by atoms with Crippen LogP contribution in [0, 0.1) is 0 Å². The second-order valence-corrected chi connectivity index (χ2v) is 7.14. The third-order valence-electron chi connectivity index (χ3n) is 3.85. The molecule has 1 saturated heterocycles. The normalized spacial score (nSPS) is 18.9. The summed E-state index contributed by atoms with van der Waals surface area (Å²) in [6.45, 7) is 0.774. The zero-order chi connectivity index (χ0) is 16.4. The number of hydrogen-bond donors (Lipinski definition) is 0. The highest BCUT2D eigenvalue weighted by Crippen LogP contribution is 2.26. The number of benzene rings is 1. The van der Waals surface area contributed by atoms with E-state index in [1.165, 1.54) is 35.7 Å². The molecule has 23 heavy (non-hydrogen) atoms. The van der Waals surface area contributed by atoms with E-state index in [1.54, 1.807) is 17.1 Å². The van der Waals surface area contributed by atoms with E-state index in [9.17, 15) is 13.2 Å². The summed E-state index contributed by atoms with van der Waals surface area (Å²) in [4.78, 5) is 11.6. The van der Waals surface area contributed by atoms with E-state index in [0.717, 1.165) is 0 Å². The first-order valence-corrected chi connectivity index (χ1v) is 8.50. The smallest absolute Gasteiger partial charge is 0.337 e. The Kier molecular flexibility index (Phi) is 4.14. The van der Waals surface area contributed by atoms with Gasteiger partial charge in [0.05, 0.1) is 29.8 Å². The van der Waals surface area contributed by atoms with Crippen LogP contribution in [0.3, 0.4) is 0 Å². The van der Waals surface area contributed by atoms with E-state index in [-0.39, 0.29) is 10.9 Å². The van der Waals surface area contributed by atoms with Gasteiger partial charge in [0, 0.05) is 19.3 Å². The van der Waals surface area contributed by atoms with Gasteiger partial charge < -0.3 is 4.74 Å². The van der Waals surface area contributed by atoms with E-state index in [2.05, 4.69) is 15.0 Å². The predicted octanol–water partition coefficient (Wildman–Crippen LogP) is 0.700. The first-order chi connectivity index (χ1) is 11.0. The molecule has 8 nitrogen and oxygen atoms in total. The summed E-state index contributed by atoms with van der Waals surface area (Å²) in [6.07, 6.45) is 3.98. The number of carbonyl (C=O) groups is 1. The Morgan fingerprint density at radius 1 is 1.30 bits per heavy atom. The van der Waals surface area contributed by atoms with E-state index in [0.29, 0.717) is 25.1 Å². The van der Waals surface area contributed by atoms with Crippen molar-refractivity contribution in [3.63, 3.8) is 0 Å². The molecule has 0 amide bonds. The summed E-state index contributed by atoms with van der Waals surface area (Å²) < 4.78 is 33.0. The van der Waals surface area contributed by atoms with Crippen LogP contribution >= 0.6 is 0 Å². The third kappa shape index (κ3) is 2.97. The van der Waals surface area contributed by atoms with Gasteiger partial charge in [0.1, 0.15) is 0 Å². The molecule has 2 heterocycles. The SMILES string of the molecule is COC(=O)c1ccc(S(=O)(=O)N2CCC(n3ccnn3)C2)cc1. The lowest BCUT2D eigenvalue weighted by Crippen LogP contribution is -2.29. The number of sulfonamides is 1. The molecule has 122 valence electrons. The van der Waals surface area contributed by atoms with Crippen molar-refractivity contribution < 1.29 is 17.9 Å². The zero-order valence-electron chi connectivity index (χ0n) is 12.5. The largest absolute Gasteiger partial charge is 0.465 e. The van der Waals surface area contributed by atoms with Gasteiger partial charge in [-0.15, -0.1) is 5.10 Å². The monoisotopic (exact) mass is 336 g/mol. The van der Waals surface area contributed by atoms with E-state index < -0.39 is 16.0 Å². The number of nitrogens with zero attached hydrogens (tertiary/aromatic N) is 4. The number of hydrogen-bond acceptors (Lipinski definition) is 6. The average molecular weight is 336 g/mol. The van der Waals surface area contributed by atoms with Gasteiger partial charge >= 0.3 is 5.97 Å². The summed E-state index contributed by atoms with van der Waals surface area (Å²) in [7, 11) is -2.31. The molecule has 0 N–H and O–H groups in total. The zero-order valence-corrected chi connectivity index (χ0v) is 13.3. The Bertz CT molecular complexity index is 787. The highest BCUT2D eigenvalue weighted by Gasteiger charge is 2.33. The molecule has 0 aliphatic carbocycles. The van der Waals surface area contributed by atoms with Crippen LogP contribution in [0.1, 0.15) is 22.8 Å². The van der Waals surface area contributed by atoms with Crippen molar-refractivity contribution in [3.8, 4) is 0 Å². The van der Waals surface area contributed by atoms with Crippen LogP contribution in [0.25, 0.3) is 0 Å². The van der Waals surface area contributed by atoms with Crippen molar-refractivity contribution in [2.24, 2.45) is 0 Å². The predicted molar refractivity (Wildman–Crippen MR) is 80.2 cm³/mol. The van der Waals surface area contributed by atoms with Gasteiger partial charge in [0.15, 0.2) is 0 Å². The Labute approximate surface area is 133 Å². The standard InChI is InChI=1S/C14H16N4O4S/c1-22-14(19)11-2-4-13(5-3-11)23(20,21)17-8-6-12(10-17)18-9-7-15-16-18/h2-5,7,9,12H,6,8,10H2,1H3. The quantitative estimate of drug-likeness (QED) is 0.763. The van der Waals surface area contributed by atoms with Gasteiger partial charge in [-0.2, -0.15) is 4.31 Å². The van der Waals surface area contributed by atoms with E-state index in [4.69, 9.17) is 0 Å². The van der Waals surface area contributed by atoms with Crippen molar-refractivity contribution in [1.29, 1.82) is 0 Å². The summed E-state index contributed by atoms with van der Waals surface area (Å²) >= 11 is 0. The Balaban J connectivity index is 1.78. The van der Waals surface area contributed by atoms with Crippen LogP contribution in [0.5, 0.6) is 0 Å². The summed E-state index contributed by atoms with van der Waals surface area (Å²) in [5.74, 6) is -0.499. The lowest BCUT2D eigenvalue weighted by atomic mass is 10.2. The number of methoxy groups -OCH3 is 1. The fourth-order valence-corrected chi connectivity index (χ4v) is 4.08. The van der Waals surface area contributed by atoms with Crippen molar-refractivity contribution in [1.82, 2.24) is 19.3 Å². The molecule has 1 aromatic heterocycles. The second-order valence-electron chi connectivity index (χ2n) is 5.20. The van der Waals surface area contributed by atoms with Gasteiger partial charge in [-0.05, 0) is 30.7 Å². The fraction of sp³-hybridized carbons (Fsp3) is 0.357. The van der Waals surface area contributed by atoms with Crippen molar-refractivity contribution >= 4 is 16.0 Å². The molecule has 1 atom stereocenters. The lowest BCUT2D eigenvalue weighted by molar-refractivity contribution is 0.0600. The Morgan fingerprint density at radius 2 is 2.04 bits per heavy atom. The third-order valence-corrected chi connectivity index (χ3v) is 5.73. The Morgan fingerprint density at radius 3 is 2.65 bits per heavy atom. The summed E-state index contributed by atoms with van der Waals surface area (Å²) in [6, 6.07) is 5.73. The van der Waals surface area contributed by atoms with Crippen molar-refractivity contribution in [2.45, 2.75) is 17.4 Å². The highest BCUT2D eigenvalue weighted by molar-refractivity contribution is 7.89. The van der Waals surface area contributed by atoms with Crippen LogP contribution in [-0.4, -0.2) is 53.9 Å². The summed E-state index contributed by atoms with van der Waals surface area (Å²) in [5, 5.41) is 7.67. The molecule has 9 heteroatoms. The number of carbonyl (C=O) groups excluding carboxylic acids is 1. The Hall–Kier alpha value is -2.26. The second kappa shape index (κ2) is 6.09. The number of rotatable bonds is 4. The molecule has 1 aromatic carbocycles. The minimum Gasteiger partial charge on any atom is -0.465 e.